The maximum Gasteiger partial charge on any atom is 0.326 e. The lowest BCUT2D eigenvalue weighted by Crippen LogP contribution is -2.36. The standard InChI is InChI=1S/C15H16ClNO4/c1-2-21-14(19)9-17-13(18)8-11(15(17)20)7-10-3-5-12(16)6-4-10/h3-6,11H,2,7-9H2,1H3. The van der Waals surface area contributed by atoms with Crippen LogP contribution in [0.15, 0.2) is 24.3 Å². The molecule has 21 heavy (non-hydrogen) atoms. The van der Waals surface area contributed by atoms with E-state index >= 15 is 0 Å². The fourth-order valence-electron chi connectivity index (χ4n) is 2.32. The van der Waals surface area contributed by atoms with Gasteiger partial charge in [-0.3, -0.25) is 19.3 Å². The van der Waals surface area contributed by atoms with Crippen molar-refractivity contribution in [1.29, 1.82) is 0 Å². The van der Waals surface area contributed by atoms with E-state index in [4.69, 9.17) is 16.3 Å². The zero-order chi connectivity index (χ0) is 15.4. The van der Waals surface area contributed by atoms with Crippen molar-refractivity contribution in [2.24, 2.45) is 5.92 Å². The monoisotopic (exact) mass is 309 g/mol. The van der Waals surface area contributed by atoms with Crippen LogP contribution in [0.5, 0.6) is 0 Å². The molecule has 1 fully saturated rings. The lowest BCUT2D eigenvalue weighted by atomic mass is 9.98. The molecule has 0 radical (unpaired) electrons. The minimum absolute atomic E-state index is 0.126. The average Bonchev–Trinajstić information content (AvgIpc) is 2.69. The molecule has 2 amide bonds. The van der Waals surface area contributed by atoms with Crippen molar-refractivity contribution in [2.45, 2.75) is 19.8 Å². The Morgan fingerprint density at radius 3 is 2.62 bits per heavy atom. The molecule has 1 aromatic rings. The van der Waals surface area contributed by atoms with E-state index in [1.807, 2.05) is 12.1 Å². The molecule has 1 aromatic carbocycles. The highest BCUT2D eigenvalue weighted by Gasteiger charge is 2.39. The Morgan fingerprint density at radius 2 is 2.00 bits per heavy atom. The van der Waals surface area contributed by atoms with Crippen LogP contribution in [0.25, 0.3) is 0 Å². The highest BCUT2D eigenvalue weighted by molar-refractivity contribution is 6.30. The van der Waals surface area contributed by atoms with Crippen LogP contribution in [-0.2, 0) is 25.5 Å². The van der Waals surface area contributed by atoms with Crippen LogP contribution in [-0.4, -0.2) is 35.8 Å². The third kappa shape index (κ3) is 3.82. The van der Waals surface area contributed by atoms with Crippen molar-refractivity contribution >= 4 is 29.4 Å². The molecule has 0 aliphatic carbocycles. The van der Waals surface area contributed by atoms with Gasteiger partial charge in [0, 0.05) is 11.4 Å². The van der Waals surface area contributed by atoms with Crippen molar-refractivity contribution < 1.29 is 19.1 Å². The Morgan fingerprint density at radius 1 is 1.33 bits per heavy atom. The third-order valence-corrected chi connectivity index (χ3v) is 3.58. The van der Waals surface area contributed by atoms with Gasteiger partial charge in [0.05, 0.1) is 12.5 Å². The molecule has 1 unspecified atom stereocenters. The smallest absolute Gasteiger partial charge is 0.326 e. The predicted molar refractivity (Wildman–Crippen MR) is 76.6 cm³/mol. The van der Waals surface area contributed by atoms with E-state index in [0.29, 0.717) is 11.4 Å². The maximum absolute atomic E-state index is 12.2. The number of benzene rings is 1. The van der Waals surface area contributed by atoms with Crippen molar-refractivity contribution in [2.75, 3.05) is 13.2 Å². The number of carbonyl (C=O) groups excluding carboxylic acids is 3. The van der Waals surface area contributed by atoms with E-state index in [0.717, 1.165) is 10.5 Å². The average molecular weight is 310 g/mol. The summed E-state index contributed by atoms with van der Waals surface area (Å²) in [6.07, 6.45) is 0.585. The Balaban J connectivity index is 2.00. The topological polar surface area (TPSA) is 63.7 Å². The van der Waals surface area contributed by atoms with Gasteiger partial charge in [0.15, 0.2) is 0 Å². The summed E-state index contributed by atoms with van der Waals surface area (Å²) in [6, 6.07) is 7.14. The Bertz CT molecular complexity index is 555. The molecule has 6 heteroatoms. The number of nitrogens with zero attached hydrogens (tertiary/aromatic N) is 1. The molecular weight excluding hydrogens is 294 g/mol. The van der Waals surface area contributed by atoms with E-state index in [-0.39, 0.29) is 31.4 Å². The number of imide groups is 1. The van der Waals surface area contributed by atoms with Crippen LogP contribution in [0, 0.1) is 5.92 Å². The van der Waals surface area contributed by atoms with Gasteiger partial charge in [0.2, 0.25) is 11.8 Å². The zero-order valence-electron chi connectivity index (χ0n) is 11.7. The lowest BCUT2D eigenvalue weighted by Gasteiger charge is -2.13. The molecular formula is C15H16ClNO4. The van der Waals surface area contributed by atoms with Crippen LogP contribution in [0.2, 0.25) is 5.02 Å². The molecule has 5 nitrogen and oxygen atoms in total. The summed E-state index contributed by atoms with van der Waals surface area (Å²) in [5.74, 6) is -1.63. The minimum atomic E-state index is -0.564. The predicted octanol–water partition coefficient (Wildman–Crippen LogP) is 1.82. The SMILES string of the molecule is CCOC(=O)CN1C(=O)CC(Cc2ccc(Cl)cc2)C1=O. The minimum Gasteiger partial charge on any atom is -0.465 e. The molecule has 1 atom stereocenters. The van der Waals surface area contributed by atoms with Gasteiger partial charge in [0.1, 0.15) is 6.54 Å². The molecule has 0 aromatic heterocycles. The highest BCUT2D eigenvalue weighted by atomic mass is 35.5. The normalized spacial score (nSPS) is 18.2. The molecule has 1 aliphatic heterocycles. The first kappa shape index (κ1) is 15.5. The number of likely N-dealkylation sites (tertiary alicyclic amines) is 1. The highest BCUT2D eigenvalue weighted by Crippen LogP contribution is 2.24. The quantitative estimate of drug-likeness (QED) is 0.615. The number of esters is 1. The second-order valence-corrected chi connectivity index (χ2v) is 5.29. The maximum atomic E-state index is 12.2. The lowest BCUT2D eigenvalue weighted by molar-refractivity contribution is -0.152. The molecule has 2 rings (SSSR count). The van der Waals surface area contributed by atoms with Gasteiger partial charge in [0.25, 0.3) is 0 Å². The van der Waals surface area contributed by atoms with Crippen molar-refractivity contribution in [3.05, 3.63) is 34.9 Å². The molecule has 0 N–H and O–H groups in total. The van der Waals surface area contributed by atoms with Gasteiger partial charge in [-0.1, -0.05) is 23.7 Å². The van der Waals surface area contributed by atoms with Gasteiger partial charge in [-0.2, -0.15) is 0 Å². The first-order chi connectivity index (χ1) is 10.0. The number of carbonyl (C=O) groups is 3. The number of rotatable bonds is 5. The molecule has 0 saturated carbocycles. The van der Waals surface area contributed by atoms with E-state index in [9.17, 15) is 14.4 Å². The van der Waals surface area contributed by atoms with Crippen LogP contribution in [0.1, 0.15) is 18.9 Å². The second kappa shape index (κ2) is 6.72. The molecule has 112 valence electrons. The van der Waals surface area contributed by atoms with Gasteiger partial charge in [-0.25, -0.2) is 0 Å². The first-order valence-corrected chi connectivity index (χ1v) is 7.13. The summed E-state index contributed by atoms with van der Waals surface area (Å²) in [5, 5.41) is 0.622. The molecule has 1 heterocycles. The van der Waals surface area contributed by atoms with Gasteiger partial charge < -0.3 is 4.74 Å². The van der Waals surface area contributed by atoms with Crippen LogP contribution in [0.3, 0.4) is 0 Å². The number of ether oxygens (including phenoxy) is 1. The molecule has 1 aliphatic rings. The molecule has 0 spiro atoms. The van der Waals surface area contributed by atoms with E-state index in [1.54, 1.807) is 19.1 Å². The largest absolute Gasteiger partial charge is 0.465 e. The van der Waals surface area contributed by atoms with Gasteiger partial charge >= 0.3 is 5.97 Å². The Labute approximate surface area is 127 Å². The fourth-order valence-corrected chi connectivity index (χ4v) is 2.44. The zero-order valence-corrected chi connectivity index (χ0v) is 12.4. The summed E-state index contributed by atoms with van der Waals surface area (Å²) in [6.45, 7) is 1.60. The molecule has 0 bridgehead atoms. The van der Waals surface area contributed by atoms with E-state index in [2.05, 4.69) is 0 Å². The summed E-state index contributed by atoms with van der Waals surface area (Å²) in [5.41, 5.74) is 0.934. The summed E-state index contributed by atoms with van der Waals surface area (Å²) in [7, 11) is 0. The molecule has 1 saturated heterocycles. The number of halogens is 1. The van der Waals surface area contributed by atoms with E-state index < -0.39 is 11.9 Å². The van der Waals surface area contributed by atoms with E-state index in [1.165, 1.54) is 0 Å². The van der Waals surface area contributed by atoms with Gasteiger partial charge in [-0.05, 0) is 31.0 Å². The fraction of sp³-hybridized carbons (Fsp3) is 0.400. The summed E-state index contributed by atoms with van der Waals surface area (Å²) >= 11 is 5.81. The number of amides is 2. The van der Waals surface area contributed by atoms with Crippen LogP contribution >= 0.6 is 11.6 Å². The summed E-state index contributed by atoms with van der Waals surface area (Å²) in [4.78, 5) is 36.4. The van der Waals surface area contributed by atoms with Gasteiger partial charge in [-0.15, -0.1) is 0 Å². The summed E-state index contributed by atoms with van der Waals surface area (Å²) < 4.78 is 4.77. The third-order valence-electron chi connectivity index (χ3n) is 3.33. The van der Waals surface area contributed by atoms with Crippen LogP contribution < -0.4 is 0 Å². The number of hydrogen-bond acceptors (Lipinski definition) is 4. The van der Waals surface area contributed by atoms with Crippen molar-refractivity contribution in [3.8, 4) is 0 Å². The van der Waals surface area contributed by atoms with Crippen molar-refractivity contribution in [1.82, 2.24) is 4.90 Å². The Kier molecular flexibility index (Phi) is 4.96. The first-order valence-electron chi connectivity index (χ1n) is 6.75. The number of hydrogen-bond donors (Lipinski definition) is 0. The van der Waals surface area contributed by atoms with Crippen LogP contribution in [0.4, 0.5) is 0 Å². The Hall–Kier alpha value is -1.88. The second-order valence-electron chi connectivity index (χ2n) is 4.85. The van der Waals surface area contributed by atoms with Crippen molar-refractivity contribution in [3.63, 3.8) is 0 Å².